The number of benzene rings is 2. The molecule has 190 valence electrons. The molecule has 1 aromatic heterocycles. The van der Waals surface area contributed by atoms with Crippen molar-refractivity contribution < 1.29 is 37.0 Å². The molecule has 1 heterocycles. The summed E-state index contributed by atoms with van der Waals surface area (Å²) in [4.78, 5) is 37.5. The Morgan fingerprint density at radius 2 is 1.69 bits per heavy atom. The van der Waals surface area contributed by atoms with Crippen LogP contribution in [0.4, 0.5) is 13.2 Å². The third kappa shape index (κ3) is 6.40. The fourth-order valence-corrected chi connectivity index (χ4v) is 3.20. The lowest BCUT2D eigenvalue weighted by atomic mass is 10.2. The molecule has 1 atom stereocenters. The lowest BCUT2D eigenvalue weighted by Crippen LogP contribution is -2.49. The molecule has 36 heavy (non-hydrogen) atoms. The number of halogens is 3. The maximum absolute atomic E-state index is 13.6. The molecule has 0 bridgehead atoms. The zero-order valence-electron chi connectivity index (χ0n) is 19.3. The van der Waals surface area contributed by atoms with Crippen molar-refractivity contribution in [2.45, 2.75) is 19.1 Å². The number of ether oxygens (including phenoxy) is 2. The van der Waals surface area contributed by atoms with E-state index in [1.54, 1.807) is 30.3 Å². The van der Waals surface area contributed by atoms with E-state index < -0.39 is 47.8 Å². The number of alkyl halides is 3. The Morgan fingerprint density at radius 3 is 2.28 bits per heavy atom. The third-order valence-electron chi connectivity index (χ3n) is 4.93. The molecule has 3 aromatic rings. The van der Waals surface area contributed by atoms with E-state index in [1.807, 2.05) is 6.92 Å². The van der Waals surface area contributed by atoms with Crippen molar-refractivity contribution in [3.05, 3.63) is 77.6 Å². The molecule has 0 aliphatic rings. The molecule has 0 aliphatic heterocycles. The summed E-state index contributed by atoms with van der Waals surface area (Å²) in [7, 11) is 1.05. The lowest BCUT2D eigenvalue weighted by molar-refractivity contribution is -0.142. The summed E-state index contributed by atoms with van der Waals surface area (Å²) in [6.45, 7) is 1.83. The highest BCUT2D eigenvalue weighted by Crippen LogP contribution is 2.31. The van der Waals surface area contributed by atoms with Gasteiger partial charge in [0.25, 0.3) is 11.8 Å². The maximum atomic E-state index is 13.6. The summed E-state index contributed by atoms with van der Waals surface area (Å²) in [5.41, 5.74) is -1.67. The number of rotatable bonds is 9. The number of carbonyl (C=O) groups is 3. The molecule has 3 rings (SSSR count). The fraction of sp³-hybridized carbons (Fsp3) is 0.250. The van der Waals surface area contributed by atoms with Crippen LogP contribution >= 0.6 is 0 Å². The third-order valence-corrected chi connectivity index (χ3v) is 4.93. The number of para-hydroxylation sites is 1. The van der Waals surface area contributed by atoms with Gasteiger partial charge in [-0.3, -0.25) is 9.59 Å². The second kappa shape index (κ2) is 11.4. The van der Waals surface area contributed by atoms with Crippen molar-refractivity contribution in [1.82, 2.24) is 20.4 Å². The first-order valence-electron chi connectivity index (χ1n) is 10.8. The molecule has 1 unspecified atom stereocenters. The van der Waals surface area contributed by atoms with Crippen LogP contribution in [0.5, 0.6) is 5.75 Å². The summed E-state index contributed by atoms with van der Waals surface area (Å²) in [6, 6.07) is 12.6. The second-order valence-electron chi connectivity index (χ2n) is 7.39. The molecule has 9 nitrogen and oxygen atoms in total. The first-order chi connectivity index (χ1) is 17.1. The minimum atomic E-state index is -4.94. The van der Waals surface area contributed by atoms with Crippen LogP contribution in [0.1, 0.15) is 33.3 Å². The molecule has 2 N–H and O–H groups in total. The Balaban J connectivity index is 1.77. The Kier molecular flexibility index (Phi) is 8.30. The number of nitrogens with zero attached hydrogens (tertiary/aromatic N) is 2. The number of methoxy groups -OCH3 is 1. The summed E-state index contributed by atoms with van der Waals surface area (Å²) in [5.74, 6) is -2.19. The van der Waals surface area contributed by atoms with Crippen molar-refractivity contribution >= 4 is 17.8 Å². The maximum Gasteiger partial charge on any atom is 0.435 e. The van der Waals surface area contributed by atoms with Gasteiger partial charge in [0.2, 0.25) is 0 Å². The van der Waals surface area contributed by atoms with Crippen LogP contribution in [0.2, 0.25) is 0 Å². The zero-order chi connectivity index (χ0) is 26.3. The summed E-state index contributed by atoms with van der Waals surface area (Å²) in [5, 5.41) is 8.17. The molecule has 2 aromatic carbocycles. The van der Waals surface area contributed by atoms with Gasteiger partial charge >= 0.3 is 12.1 Å². The topological polar surface area (TPSA) is 112 Å². The number of amides is 2. The Morgan fingerprint density at radius 1 is 1.03 bits per heavy atom. The first-order valence-corrected chi connectivity index (χ1v) is 10.8. The van der Waals surface area contributed by atoms with Gasteiger partial charge in [-0.15, -0.1) is 0 Å². The Labute approximate surface area is 204 Å². The lowest BCUT2D eigenvalue weighted by Gasteiger charge is -2.17. The second-order valence-corrected chi connectivity index (χ2v) is 7.39. The van der Waals surface area contributed by atoms with Crippen LogP contribution in [-0.2, 0) is 15.7 Å². The van der Waals surface area contributed by atoms with Crippen LogP contribution in [0.15, 0.2) is 60.8 Å². The zero-order valence-corrected chi connectivity index (χ0v) is 19.3. The highest BCUT2D eigenvalue weighted by molar-refractivity contribution is 5.98. The van der Waals surface area contributed by atoms with E-state index in [1.165, 1.54) is 24.3 Å². The van der Waals surface area contributed by atoms with Crippen LogP contribution in [-0.4, -0.2) is 53.9 Å². The number of hydrogen-bond donors (Lipinski definition) is 2. The number of aromatic nitrogens is 2. The van der Waals surface area contributed by atoms with Crippen LogP contribution < -0.4 is 15.4 Å². The number of hydrogen-bond acceptors (Lipinski definition) is 6. The molecular weight excluding hydrogens is 481 g/mol. The van der Waals surface area contributed by atoms with E-state index in [2.05, 4.69) is 20.5 Å². The molecule has 0 spiro atoms. The highest BCUT2D eigenvalue weighted by atomic mass is 19.4. The van der Waals surface area contributed by atoms with Gasteiger partial charge in [-0.2, -0.15) is 18.3 Å². The van der Waals surface area contributed by atoms with Gasteiger partial charge in [0.15, 0.2) is 5.69 Å². The molecule has 0 saturated carbocycles. The van der Waals surface area contributed by atoms with Gasteiger partial charge in [-0.25, -0.2) is 9.48 Å². The van der Waals surface area contributed by atoms with Crippen molar-refractivity contribution in [3.8, 4) is 11.4 Å². The summed E-state index contributed by atoms with van der Waals surface area (Å²) < 4.78 is 51.7. The molecule has 2 amide bonds. The van der Waals surface area contributed by atoms with Crippen molar-refractivity contribution in [2.24, 2.45) is 0 Å². The Bertz CT molecular complexity index is 1210. The van der Waals surface area contributed by atoms with Crippen LogP contribution in [0.3, 0.4) is 0 Å². The monoisotopic (exact) mass is 504 g/mol. The van der Waals surface area contributed by atoms with Crippen LogP contribution in [0, 0.1) is 0 Å². The van der Waals surface area contributed by atoms with Crippen molar-refractivity contribution in [1.29, 1.82) is 0 Å². The molecular formula is C24H23F3N4O5. The predicted octanol–water partition coefficient (Wildman–Crippen LogP) is 2.99. The van der Waals surface area contributed by atoms with E-state index >= 15 is 0 Å². The van der Waals surface area contributed by atoms with Crippen molar-refractivity contribution in [3.63, 3.8) is 0 Å². The fourth-order valence-electron chi connectivity index (χ4n) is 3.20. The quantitative estimate of drug-likeness (QED) is 0.434. The smallest absolute Gasteiger partial charge is 0.435 e. The number of carbonyl (C=O) groups excluding carboxylic acids is 3. The summed E-state index contributed by atoms with van der Waals surface area (Å²) in [6.07, 6.45) is -4.02. The molecule has 0 saturated heterocycles. The van der Waals surface area contributed by atoms with Gasteiger partial charge in [0.1, 0.15) is 11.8 Å². The van der Waals surface area contributed by atoms with E-state index in [0.717, 1.165) is 18.0 Å². The average molecular weight is 504 g/mol. The molecule has 12 heteroatoms. The molecule has 0 aliphatic carbocycles. The first kappa shape index (κ1) is 26.3. The van der Waals surface area contributed by atoms with Crippen LogP contribution in [0.25, 0.3) is 5.69 Å². The predicted molar refractivity (Wildman–Crippen MR) is 122 cm³/mol. The van der Waals surface area contributed by atoms with Gasteiger partial charge < -0.3 is 20.1 Å². The standard InChI is InChI=1S/C24H23F3N4O5/c1-3-36-17-11-9-15(10-12-17)21(32)28-13-19(23(34)35-2)29-22(33)18-14-31(16-7-5-4-6-8-16)30-20(18)24(25,26)27/h4-12,14,19H,3,13H2,1-2H3,(H,28,32)(H,29,33). The van der Waals surface area contributed by atoms with E-state index in [9.17, 15) is 27.6 Å². The molecule has 0 radical (unpaired) electrons. The van der Waals surface area contributed by atoms with E-state index in [-0.39, 0.29) is 5.56 Å². The minimum Gasteiger partial charge on any atom is -0.494 e. The van der Waals surface area contributed by atoms with Gasteiger partial charge in [-0.1, -0.05) is 18.2 Å². The number of esters is 1. The Hall–Kier alpha value is -4.35. The van der Waals surface area contributed by atoms with E-state index in [0.29, 0.717) is 18.0 Å². The van der Waals surface area contributed by atoms with Gasteiger partial charge in [0.05, 0.1) is 25.0 Å². The minimum absolute atomic E-state index is 0.247. The normalized spacial score (nSPS) is 11.9. The molecule has 0 fully saturated rings. The average Bonchev–Trinajstić information content (AvgIpc) is 3.33. The summed E-state index contributed by atoms with van der Waals surface area (Å²) >= 11 is 0. The van der Waals surface area contributed by atoms with Gasteiger partial charge in [-0.05, 0) is 43.3 Å². The van der Waals surface area contributed by atoms with Crippen molar-refractivity contribution in [2.75, 3.05) is 20.3 Å². The van der Waals surface area contributed by atoms with Gasteiger partial charge in [0, 0.05) is 18.3 Å². The van der Waals surface area contributed by atoms with E-state index in [4.69, 9.17) is 4.74 Å². The highest BCUT2D eigenvalue weighted by Gasteiger charge is 2.40. The number of nitrogens with one attached hydrogen (secondary N) is 2. The SMILES string of the molecule is CCOc1ccc(C(=O)NCC(NC(=O)c2cn(-c3ccccc3)nc2C(F)(F)F)C(=O)OC)cc1. The largest absolute Gasteiger partial charge is 0.494 e.